The Balaban J connectivity index is 1.58. The van der Waals surface area contributed by atoms with Gasteiger partial charge < -0.3 is 9.64 Å². The molecule has 0 atom stereocenters. The Bertz CT molecular complexity index is 571. The van der Waals surface area contributed by atoms with Gasteiger partial charge in [0.2, 0.25) is 11.8 Å². The molecule has 1 aromatic rings. The molecule has 5 nitrogen and oxygen atoms in total. The van der Waals surface area contributed by atoms with Crippen molar-refractivity contribution in [2.75, 3.05) is 33.3 Å². The van der Waals surface area contributed by atoms with Gasteiger partial charge in [-0.3, -0.25) is 9.69 Å². The van der Waals surface area contributed by atoms with Gasteiger partial charge in [0.1, 0.15) is 0 Å². The molecule has 1 aromatic heterocycles. The summed E-state index contributed by atoms with van der Waals surface area (Å²) in [6, 6.07) is 4.23. The maximum atomic E-state index is 11.3. The van der Waals surface area contributed by atoms with Gasteiger partial charge in [-0.05, 0) is 12.0 Å². The van der Waals surface area contributed by atoms with Crippen LogP contribution in [0, 0.1) is 5.41 Å². The summed E-state index contributed by atoms with van der Waals surface area (Å²) in [5, 5.41) is 0. The van der Waals surface area contributed by atoms with Crippen LogP contribution in [0.4, 0.5) is 0 Å². The Kier molecular flexibility index (Phi) is 3.85. The molecule has 2 aliphatic rings. The zero-order chi connectivity index (χ0) is 15.9. The molecule has 2 saturated heterocycles. The van der Waals surface area contributed by atoms with Crippen molar-refractivity contribution in [3.63, 3.8) is 0 Å². The van der Waals surface area contributed by atoms with E-state index in [1.807, 2.05) is 4.90 Å². The molecule has 0 bridgehead atoms. The van der Waals surface area contributed by atoms with Crippen LogP contribution in [0.25, 0.3) is 0 Å². The quantitative estimate of drug-likeness (QED) is 0.852. The number of rotatable bonds is 4. The number of hydrogen-bond donors (Lipinski definition) is 0. The molecular formula is C17H25N3O2. The standard InChI is InChI=1S/C17H25N3O2/c1-12(2)15-6-5-14(16(18-15)22-4)7-19-8-17(9-19)10-20(11-17)13(3)21/h5-6,12H,7-11H2,1-4H3. The topological polar surface area (TPSA) is 45.7 Å². The second-order valence-corrected chi connectivity index (χ2v) is 7.08. The number of methoxy groups -OCH3 is 1. The molecule has 2 fully saturated rings. The lowest BCUT2D eigenvalue weighted by molar-refractivity contribution is -0.157. The largest absolute Gasteiger partial charge is 0.481 e. The van der Waals surface area contributed by atoms with E-state index < -0.39 is 0 Å². The molecule has 0 aliphatic carbocycles. The summed E-state index contributed by atoms with van der Waals surface area (Å²) < 4.78 is 5.46. The Morgan fingerprint density at radius 2 is 2.00 bits per heavy atom. The fraction of sp³-hybridized carbons (Fsp3) is 0.647. The fourth-order valence-corrected chi connectivity index (χ4v) is 3.54. The number of likely N-dealkylation sites (tertiary alicyclic amines) is 2. The third-order valence-electron chi connectivity index (χ3n) is 4.76. The zero-order valence-electron chi connectivity index (χ0n) is 13.9. The van der Waals surface area contributed by atoms with Crippen molar-refractivity contribution in [1.82, 2.24) is 14.8 Å². The summed E-state index contributed by atoms with van der Waals surface area (Å²) in [6.45, 7) is 10.8. The summed E-state index contributed by atoms with van der Waals surface area (Å²) in [4.78, 5) is 20.2. The van der Waals surface area contributed by atoms with Gasteiger partial charge in [-0.25, -0.2) is 4.98 Å². The van der Waals surface area contributed by atoms with E-state index in [2.05, 4.69) is 35.9 Å². The van der Waals surface area contributed by atoms with Gasteiger partial charge in [0.05, 0.1) is 7.11 Å². The average Bonchev–Trinajstić information content (AvgIpc) is 2.39. The van der Waals surface area contributed by atoms with Crippen LogP contribution in [-0.4, -0.2) is 54.0 Å². The minimum atomic E-state index is 0.194. The number of carbonyl (C=O) groups excluding carboxylic acids is 1. The molecule has 0 saturated carbocycles. The maximum absolute atomic E-state index is 11.3. The van der Waals surface area contributed by atoms with E-state index in [1.54, 1.807) is 14.0 Å². The van der Waals surface area contributed by atoms with Crippen molar-refractivity contribution >= 4 is 5.91 Å². The van der Waals surface area contributed by atoms with E-state index in [4.69, 9.17) is 4.74 Å². The SMILES string of the molecule is COc1nc(C(C)C)ccc1CN1CC2(C1)CN(C(C)=O)C2. The predicted octanol–water partition coefficient (Wildman–Crippen LogP) is 1.88. The van der Waals surface area contributed by atoms with Gasteiger partial charge in [-0.1, -0.05) is 19.9 Å². The van der Waals surface area contributed by atoms with Crippen molar-refractivity contribution < 1.29 is 9.53 Å². The van der Waals surface area contributed by atoms with Crippen LogP contribution in [0.15, 0.2) is 12.1 Å². The molecule has 120 valence electrons. The van der Waals surface area contributed by atoms with Crippen molar-refractivity contribution in [2.24, 2.45) is 5.41 Å². The van der Waals surface area contributed by atoms with E-state index in [0.29, 0.717) is 11.3 Å². The average molecular weight is 303 g/mol. The first-order valence-electron chi connectivity index (χ1n) is 7.94. The monoisotopic (exact) mass is 303 g/mol. The molecule has 1 amide bonds. The van der Waals surface area contributed by atoms with Crippen LogP contribution in [0.5, 0.6) is 5.88 Å². The zero-order valence-corrected chi connectivity index (χ0v) is 13.9. The highest BCUT2D eigenvalue weighted by atomic mass is 16.5. The van der Waals surface area contributed by atoms with Crippen LogP contribution >= 0.6 is 0 Å². The normalized spacial score (nSPS) is 20.0. The highest BCUT2D eigenvalue weighted by molar-refractivity contribution is 5.74. The van der Waals surface area contributed by atoms with Crippen molar-refractivity contribution in [1.29, 1.82) is 0 Å². The van der Waals surface area contributed by atoms with E-state index in [9.17, 15) is 4.79 Å². The molecule has 0 N–H and O–H groups in total. The molecule has 3 rings (SSSR count). The van der Waals surface area contributed by atoms with E-state index in [1.165, 1.54) is 0 Å². The number of hydrogen-bond acceptors (Lipinski definition) is 4. The fourth-order valence-electron chi connectivity index (χ4n) is 3.54. The van der Waals surface area contributed by atoms with Gasteiger partial charge >= 0.3 is 0 Å². The summed E-state index contributed by atoms with van der Waals surface area (Å²) >= 11 is 0. The first kappa shape index (κ1) is 15.3. The van der Waals surface area contributed by atoms with Crippen LogP contribution in [0.2, 0.25) is 0 Å². The number of pyridine rings is 1. The summed E-state index contributed by atoms with van der Waals surface area (Å²) in [7, 11) is 1.68. The third kappa shape index (κ3) is 2.70. The minimum Gasteiger partial charge on any atom is -0.481 e. The van der Waals surface area contributed by atoms with Crippen LogP contribution in [0.3, 0.4) is 0 Å². The Morgan fingerprint density at radius 3 is 2.55 bits per heavy atom. The minimum absolute atomic E-state index is 0.194. The first-order chi connectivity index (χ1) is 10.4. The molecule has 3 heterocycles. The van der Waals surface area contributed by atoms with Gasteiger partial charge in [0.15, 0.2) is 0 Å². The maximum Gasteiger partial charge on any atom is 0.219 e. The summed E-state index contributed by atoms with van der Waals surface area (Å²) in [6.07, 6.45) is 0. The van der Waals surface area contributed by atoms with Gasteiger partial charge in [-0.15, -0.1) is 0 Å². The summed E-state index contributed by atoms with van der Waals surface area (Å²) in [5.74, 6) is 1.34. The molecule has 22 heavy (non-hydrogen) atoms. The third-order valence-corrected chi connectivity index (χ3v) is 4.76. The molecule has 0 unspecified atom stereocenters. The van der Waals surface area contributed by atoms with Crippen molar-refractivity contribution in [3.05, 3.63) is 23.4 Å². The lowest BCUT2D eigenvalue weighted by Crippen LogP contribution is -2.72. The van der Waals surface area contributed by atoms with Gasteiger partial charge in [0, 0.05) is 56.3 Å². The second-order valence-electron chi connectivity index (χ2n) is 7.08. The number of nitrogens with zero attached hydrogens (tertiary/aromatic N) is 3. The Labute approximate surface area is 132 Å². The molecule has 5 heteroatoms. The number of ether oxygens (including phenoxy) is 1. The van der Waals surface area contributed by atoms with Crippen molar-refractivity contribution in [2.45, 2.75) is 33.2 Å². The van der Waals surface area contributed by atoms with Crippen molar-refractivity contribution in [3.8, 4) is 5.88 Å². The Hall–Kier alpha value is -1.62. The van der Waals surface area contributed by atoms with Gasteiger partial charge in [0.25, 0.3) is 0 Å². The highest BCUT2D eigenvalue weighted by Gasteiger charge is 2.52. The second kappa shape index (κ2) is 5.54. The summed E-state index contributed by atoms with van der Waals surface area (Å²) in [5.41, 5.74) is 2.56. The number of carbonyl (C=O) groups is 1. The van der Waals surface area contributed by atoms with E-state index in [-0.39, 0.29) is 5.91 Å². The number of amides is 1. The lowest BCUT2D eigenvalue weighted by Gasteiger charge is -2.60. The van der Waals surface area contributed by atoms with Crippen LogP contribution in [0.1, 0.15) is 37.9 Å². The molecule has 0 radical (unpaired) electrons. The van der Waals surface area contributed by atoms with Gasteiger partial charge in [-0.2, -0.15) is 0 Å². The molecule has 1 spiro atoms. The first-order valence-corrected chi connectivity index (χ1v) is 7.94. The van der Waals surface area contributed by atoms with Crippen LogP contribution < -0.4 is 4.74 Å². The molecule has 2 aliphatic heterocycles. The molecular weight excluding hydrogens is 278 g/mol. The number of aromatic nitrogens is 1. The Morgan fingerprint density at radius 1 is 1.32 bits per heavy atom. The van der Waals surface area contributed by atoms with E-state index >= 15 is 0 Å². The lowest BCUT2D eigenvalue weighted by atomic mass is 9.72. The smallest absolute Gasteiger partial charge is 0.219 e. The van der Waals surface area contributed by atoms with E-state index in [0.717, 1.165) is 49.9 Å². The highest BCUT2D eigenvalue weighted by Crippen LogP contribution is 2.40. The predicted molar refractivity (Wildman–Crippen MR) is 84.8 cm³/mol. The molecule has 0 aromatic carbocycles. The van der Waals surface area contributed by atoms with Crippen LogP contribution in [-0.2, 0) is 11.3 Å².